The molecule has 1 aliphatic heterocycles. The van der Waals surface area contributed by atoms with E-state index in [1.54, 1.807) is 0 Å². The van der Waals surface area contributed by atoms with Crippen molar-refractivity contribution in [2.24, 2.45) is 0 Å². The molecule has 0 fully saturated rings. The summed E-state index contributed by atoms with van der Waals surface area (Å²) in [6.07, 6.45) is 7.27. The molecule has 1 aliphatic carbocycles. The van der Waals surface area contributed by atoms with Crippen LogP contribution in [0.2, 0.25) is 0 Å². The molecule has 2 unspecified atom stereocenters. The molecule has 0 bridgehead atoms. The van der Waals surface area contributed by atoms with Gasteiger partial charge in [0.15, 0.2) is 0 Å². The smallest absolute Gasteiger partial charge is 0.0539 e. The molecule has 0 spiro atoms. The van der Waals surface area contributed by atoms with Gasteiger partial charge in [-0.25, -0.2) is 0 Å². The van der Waals surface area contributed by atoms with Crippen LogP contribution in [-0.4, -0.2) is 5.25 Å². The van der Waals surface area contributed by atoms with E-state index in [1.165, 1.54) is 64.2 Å². The summed E-state index contributed by atoms with van der Waals surface area (Å²) >= 11 is 3.85. The van der Waals surface area contributed by atoms with E-state index >= 15 is 0 Å². The van der Waals surface area contributed by atoms with Gasteiger partial charge in [0.2, 0.25) is 0 Å². The van der Waals surface area contributed by atoms with Crippen LogP contribution in [0.25, 0.3) is 30.9 Å². The molecule has 2 aliphatic rings. The van der Waals surface area contributed by atoms with Gasteiger partial charge in [-0.05, 0) is 77.7 Å². The normalized spacial score (nSPS) is 16.4. The number of benzene rings is 7. The highest BCUT2D eigenvalue weighted by molar-refractivity contribution is 8.00. The summed E-state index contributed by atoms with van der Waals surface area (Å²) in [4.78, 5) is 6.18. The van der Waals surface area contributed by atoms with E-state index in [9.17, 15) is 0 Å². The highest BCUT2D eigenvalue weighted by Crippen LogP contribution is 2.52. The third-order valence-electron chi connectivity index (χ3n) is 9.95. The van der Waals surface area contributed by atoms with Crippen molar-refractivity contribution < 1.29 is 0 Å². The third kappa shape index (κ3) is 4.94. The number of para-hydroxylation sites is 2. The van der Waals surface area contributed by atoms with Crippen molar-refractivity contribution in [3.8, 4) is 0 Å². The second kappa shape index (κ2) is 12.1. The minimum absolute atomic E-state index is 0.275. The lowest BCUT2D eigenvalue weighted by molar-refractivity contribution is 0.863. The molecule has 0 saturated heterocycles. The van der Waals surface area contributed by atoms with Gasteiger partial charge in [0.1, 0.15) is 0 Å². The molecular formula is C46H32N2S2. The predicted molar refractivity (Wildman–Crippen MR) is 216 cm³/mol. The Morgan fingerprint density at radius 1 is 0.480 bits per heavy atom. The zero-order valence-electron chi connectivity index (χ0n) is 27.2. The fraction of sp³-hybridized carbons (Fsp3) is 0.0435. The average Bonchev–Trinajstić information content (AvgIpc) is 3.73. The zero-order valence-corrected chi connectivity index (χ0v) is 28.8. The summed E-state index contributed by atoms with van der Waals surface area (Å²) < 4.78 is 2.64. The fourth-order valence-corrected chi connectivity index (χ4v) is 10.1. The Morgan fingerprint density at radius 2 is 1.14 bits per heavy atom. The zero-order chi connectivity index (χ0) is 33.0. The van der Waals surface area contributed by atoms with Crippen LogP contribution in [0.4, 0.5) is 28.4 Å². The van der Waals surface area contributed by atoms with E-state index in [2.05, 4.69) is 192 Å². The Morgan fingerprint density at radius 3 is 1.96 bits per heavy atom. The molecule has 0 radical (unpaired) electrons. The number of anilines is 5. The second-order valence-corrected chi connectivity index (χ2v) is 15.2. The molecule has 4 heteroatoms. The van der Waals surface area contributed by atoms with Gasteiger partial charge in [0.05, 0.1) is 5.69 Å². The standard InChI is InChI=1S/C46H32N2S2/c1-3-14-32(15-4-1)47(33-16-5-2-6-17-33)35-22-26-40-41-28-34(24-27-44(41)50-46(40)29-35)48(42-20-11-13-31-12-7-8-18-37(31)42)36-23-25-39-38-19-9-10-21-43(38)49-45(39)30-36/h1-30,41,44H. The topological polar surface area (TPSA) is 6.48 Å². The molecule has 0 N–H and O–H groups in total. The molecule has 2 atom stereocenters. The van der Waals surface area contributed by atoms with Gasteiger partial charge in [0, 0.05) is 70.1 Å². The predicted octanol–water partition coefficient (Wildman–Crippen LogP) is 13.5. The van der Waals surface area contributed by atoms with E-state index in [4.69, 9.17) is 0 Å². The van der Waals surface area contributed by atoms with Gasteiger partial charge in [0.25, 0.3) is 0 Å². The van der Waals surface area contributed by atoms with Crippen molar-refractivity contribution in [2.75, 3.05) is 9.80 Å². The number of thioether (sulfide) groups is 1. The van der Waals surface area contributed by atoms with E-state index in [-0.39, 0.29) is 5.92 Å². The van der Waals surface area contributed by atoms with Gasteiger partial charge >= 0.3 is 0 Å². The molecular weight excluding hydrogens is 645 g/mol. The average molecular weight is 677 g/mol. The second-order valence-electron chi connectivity index (χ2n) is 12.9. The van der Waals surface area contributed by atoms with Crippen molar-refractivity contribution >= 4 is 82.5 Å². The summed E-state index contributed by atoms with van der Waals surface area (Å²) in [5, 5.41) is 5.48. The van der Waals surface area contributed by atoms with Crippen LogP contribution in [0.1, 0.15) is 11.5 Å². The Kier molecular flexibility index (Phi) is 7.11. The van der Waals surface area contributed by atoms with Gasteiger partial charge in [-0.1, -0.05) is 115 Å². The highest BCUT2D eigenvalue weighted by Gasteiger charge is 2.34. The first-order chi connectivity index (χ1) is 24.8. The Balaban J connectivity index is 1.09. The maximum atomic E-state index is 2.51. The summed E-state index contributed by atoms with van der Waals surface area (Å²) in [6.45, 7) is 0. The number of thiophene rings is 1. The Bertz CT molecular complexity index is 2560. The first-order valence-corrected chi connectivity index (χ1v) is 18.8. The van der Waals surface area contributed by atoms with E-state index < -0.39 is 0 Å². The van der Waals surface area contributed by atoms with E-state index in [0.717, 1.165) is 11.4 Å². The Labute approximate surface area is 300 Å². The number of nitrogens with zero attached hydrogens (tertiary/aromatic N) is 2. The van der Waals surface area contributed by atoms with Crippen molar-refractivity contribution in [3.05, 3.63) is 193 Å². The molecule has 10 rings (SSSR count). The lowest BCUT2D eigenvalue weighted by Gasteiger charge is -2.31. The minimum Gasteiger partial charge on any atom is -0.310 e. The van der Waals surface area contributed by atoms with Crippen LogP contribution in [0.3, 0.4) is 0 Å². The maximum Gasteiger partial charge on any atom is 0.0539 e. The monoisotopic (exact) mass is 676 g/mol. The van der Waals surface area contributed by atoms with Crippen molar-refractivity contribution in [1.29, 1.82) is 0 Å². The lowest BCUT2D eigenvalue weighted by Crippen LogP contribution is -2.20. The Hall–Kier alpha value is -5.55. The lowest BCUT2D eigenvalue weighted by atomic mass is 9.90. The van der Waals surface area contributed by atoms with Gasteiger partial charge in [-0.3, -0.25) is 0 Å². The molecule has 2 heterocycles. The first-order valence-electron chi connectivity index (χ1n) is 17.1. The third-order valence-corrected chi connectivity index (χ3v) is 12.4. The molecule has 1 aromatic heterocycles. The molecule has 7 aromatic carbocycles. The van der Waals surface area contributed by atoms with Crippen LogP contribution in [0.15, 0.2) is 193 Å². The minimum atomic E-state index is 0.275. The molecule has 50 heavy (non-hydrogen) atoms. The van der Waals surface area contributed by atoms with Crippen LogP contribution in [-0.2, 0) is 0 Å². The number of fused-ring (bicyclic) bond motifs is 7. The van der Waals surface area contributed by atoms with Crippen LogP contribution in [0.5, 0.6) is 0 Å². The summed E-state index contributed by atoms with van der Waals surface area (Å²) in [5.74, 6) is 0.275. The maximum absolute atomic E-state index is 2.51. The van der Waals surface area contributed by atoms with Crippen molar-refractivity contribution in [3.63, 3.8) is 0 Å². The number of hydrogen-bond donors (Lipinski definition) is 0. The quantitative estimate of drug-likeness (QED) is 0.173. The summed E-state index contributed by atoms with van der Waals surface area (Å²) in [6, 6.07) is 59.5. The summed E-state index contributed by atoms with van der Waals surface area (Å²) in [7, 11) is 0. The number of hydrogen-bond acceptors (Lipinski definition) is 4. The highest BCUT2D eigenvalue weighted by atomic mass is 32.2. The fourth-order valence-electron chi connectivity index (χ4n) is 7.65. The SMILES string of the molecule is C1=CC2Sc3cc(N(c4ccccc4)c4ccccc4)ccc3C2C=C1N(c1ccc2c(c1)sc1ccccc12)c1cccc2ccccc12. The first kappa shape index (κ1) is 29.4. The van der Waals surface area contributed by atoms with Crippen LogP contribution in [0, 0.1) is 0 Å². The van der Waals surface area contributed by atoms with Gasteiger partial charge < -0.3 is 9.80 Å². The number of allylic oxidation sites excluding steroid dienone is 2. The van der Waals surface area contributed by atoms with E-state index in [1.807, 2.05) is 23.1 Å². The largest absolute Gasteiger partial charge is 0.310 e. The molecule has 0 saturated carbocycles. The number of rotatable bonds is 6. The molecule has 238 valence electrons. The van der Waals surface area contributed by atoms with Gasteiger partial charge in [-0.15, -0.1) is 23.1 Å². The van der Waals surface area contributed by atoms with E-state index in [0.29, 0.717) is 5.25 Å². The van der Waals surface area contributed by atoms with Crippen molar-refractivity contribution in [1.82, 2.24) is 0 Å². The molecule has 2 nitrogen and oxygen atoms in total. The molecule has 0 amide bonds. The van der Waals surface area contributed by atoms with Crippen molar-refractivity contribution in [2.45, 2.75) is 16.1 Å². The van der Waals surface area contributed by atoms with Crippen LogP contribution < -0.4 is 9.80 Å². The van der Waals surface area contributed by atoms with Gasteiger partial charge in [-0.2, -0.15) is 0 Å². The molecule has 8 aromatic rings. The summed E-state index contributed by atoms with van der Waals surface area (Å²) in [5.41, 5.74) is 8.46. The van der Waals surface area contributed by atoms with Crippen LogP contribution >= 0.6 is 23.1 Å².